The van der Waals surface area contributed by atoms with Gasteiger partial charge in [0.25, 0.3) is 0 Å². The molecule has 0 aromatic carbocycles. The molecule has 0 radical (unpaired) electrons. The lowest BCUT2D eigenvalue weighted by atomic mass is 10.1. The Morgan fingerprint density at radius 1 is 1.60 bits per heavy atom. The molecule has 0 aromatic heterocycles. The minimum Gasteiger partial charge on any atom is -0.469 e. The number of allylic oxidation sites excluding steroid dienone is 2. The molecule has 2 unspecified atom stereocenters. The highest BCUT2D eigenvalue weighted by molar-refractivity contribution is 5.37. The van der Waals surface area contributed by atoms with E-state index in [1.807, 2.05) is 6.08 Å². The van der Waals surface area contributed by atoms with Crippen LogP contribution in [0.1, 0.15) is 6.42 Å². The van der Waals surface area contributed by atoms with Crippen LogP contribution >= 0.6 is 0 Å². The Morgan fingerprint density at radius 2 is 2.60 bits per heavy atom. The van der Waals surface area contributed by atoms with Gasteiger partial charge in [0.15, 0.2) is 6.79 Å². The molecule has 1 spiro atoms. The van der Waals surface area contributed by atoms with Crippen LogP contribution in [-0.4, -0.2) is 12.4 Å². The number of rotatable bonds is 0. The second kappa shape index (κ2) is 1.30. The Labute approximate surface area is 59.1 Å². The molecule has 52 valence electrons. The Balaban J connectivity index is 2.12. The van der Waals surface area contributed by atoms with E-state index in [9.17, 15) is 0 Å². The summed E-state index contributed by atoms with van der Waals surface area (Å²) in [4.78, 5) is 0. The standard InChI is InChI=1S/C8H8O2/c1-2-6-4-8(6)7(3-1)9-5-10-8/h1-3,6H,4-5H2. The summed E-state index contributed by atoms with van der Waals surface area (Å²) in [5.74, 6) is 1.65. The molecule has 2 fully saturated rings. The van der Waals surface area contributed by atoms with Crippen LogP contribution in [0.4, 0.5) is 0 Å². The fourth-order valence-corrected chi connectivity index (χ4v) is 1.80. The van der Waals surface area contributed by atoms with Gasteiger partial charge in [-0.3, -0.25) is 0 Å². The zero-order valence-electron chi connectivity index (χ0n) is 5.54. The zero-order chi connectivity index (χ0) is 6.60. The summed E-state index contributed by atoms with van der Waals surface area (Å²) < 4.78 is 10.8. The van der Waals surface area contributed by atoms with E-state index in [2.05, 4.69) is 12.2 Å². The molecule has 0 bridgehead atoms. The third-order valence-electron chi connectivity index (χ3n) is 2.50. The lowest BCUT2D eigenvalue weighted by molar-refractivity contribution is 0.0363. The van der Waals surface area contributed by atoms with Crippen LogP contribution in [0.25, 0.3) is 0 Å². The first kappa shape index (κ1) is 4.97. The van der Waals surface area contributed by atoms with Crippen LogP contribution in [0, 0.1) is 5.92 Å². The highest BCUT2D eigenvalue weighted by atomic mass is 16.7. The van der Waals surface area contributed by atoms with Gasteiger partial charge < -0.3 is 9.47 Å². The predicted molar refractivity (Wildman–Crippen MR) is 35.1 cm³/mol. The summed E-state index contributed by atoms with van der Waals surface area (Å²) in [6.07, 6.45) is 7.38. The topological polar surface area (TPSA) is 18.5 Å². The largest absolute Gasteiger partial charge is 0.469 e. The van der Waals surface area contributed by atoms with Gasteiger partial charge in [-0.25, -0.2) is 0 Å². The van der Waals surface area contributed by atoms with Gasteiger partial charge in [0, 0.05) is 5.92 Å². The fraction of sp³-hybridized carbons (Fsp3) is 0.500. The van der Waals surface area contributed by atoms with Crippen molar-refractivity contribution in [1.29, 1.82) is 0 Å². The quantitative estimate of drug-likeness (QED) is 0.498. The van der Waals surface area contributed by atoms with Crippen LogP contribution in [0.2, 0.25) is 0 Å². The van der Waals surface area contributed by atoms with Gasteiger partial charge in [-0.2, -0.15) is 0 Å². The van der Waals surface area contributed by atoms with Gasteiger partial charge in [-0.15, -0.1) is 0 Å². The lowest BCUT2D eigenvalue weighted by Crippen LogP contribution is -2.12. The second-order valence-corrected chi connectivity index (χ2v) is 3.02. The molecule has 1 aliphatic heterocycles. The molecule has 3 rings (SSSR count). The Bertz CT molecular complexity index is 242. The van der Waals surface area contributed by atoms with Crippen LogP contribution in [-0.2, 0) is 9.47 Å². The first-order valence-electron chi connectivity index (χ1n) is 3.57. The lowest BCUT2D eigenvalue weighted by Gasteiger charge is -2.07. The Morgan fingerprint density at radius 3 is 3.50 bits per heavy atom. The maximum atomic E-state index is 5.48. The van der Waals surface area contributed by atoms with Gasteiger partial charge in [0.1, 0.15) is 11.4 Å². The van der Waals surface area contributed by atoms with Crippen molar-refractivity contribution < 1.29 is 9.47 Å². The summed E-state index contributed by atoms with van der Waals surface area (Å²) in [7, 11) is 0. The molecule has 2 aliphatic carbocycles. The smallest absolute Gasteiger partial charge is 0.189 e. The zero-order valence-corrected chi connectivity index (χ0v) is 5.54. The van der Waals surface area contributed by atoms with E-state index in [0.717, 1.165) is 12.2 Å². The van der Waals surface area contributed by atoms with Crippen LogP contribution in [0.3, 0.4) is 0 Å². The monoisotopic (exact) mass is 136 g/mol. The number of ether oxygens (including phenoxy) is 2. The molecular weight excluding hydrogens is 128 g/mol. The van der Waals surface area contributed by atoms with E-state index in [1.165, 1.54) is 0 Å². The van der Waals surface area contributed by atoms with Crippen LogP contribution < -0.4 is 0 Å². The maximum absolute atomic E-state index is 5.48. The van der Waals surface area contributed by atoms with Crippen molar-refractivity contribution >= 4 is 0 Å². The van der Waals surface area contributed by atoms with Gasteiger partial charge in [-0.1, -0.05) is 12.2 Å². The average Bonchev–Trinajstić information content (AvgIpc) is 2.51. The molecule has 2 nitrogen and oxygen atoms in total. The normalized spacial score (nSPS) is 47.2. The second-order valence-electron chi connectivity index (χ2n) is 3.02. The van der Waals surface area contributed by atoms with E-state index in [0.29, 0.717) is 12.7 Å². The first-order valence-corrected chi connectivity index (χ1v) is 3.57. The SMILES string of the molecule is C1=CC2CC23OCOC3=C1. The minimum atomic E-state index is 0.00868. The fourth-order valence-electron chi connectivity index (χ4n) is 1.80. The number of hydrogen-bond acceptors (Lipinski definition) is 2. The highest BCUT2D eigenvalue weighted by Crippen LogP contribution is 2.57. The van der Waals surface area contributed by atoms with Crippen molar-refractivity contribution in [2.24, 2.45) is 5.92 Å². The minimum absolute atomic E-state index is 0.00868. The molecule has 10 heavy (non-hydrogen) atoms. The molecule has 0 aromatic rings. The Hall–Kier alpha value is -0.760. The Kier molecular flexibility index (Phi) is 0.645. The van der Waals surface area contributed by atoms with E-state index < -0.39 is 0 Å². The molecule has 0 amide bonds. The number of hydrogen-bond donors (Lipinski definition) is 0. The van der Waals surface area contributed by atoms with Gasteiger partial charge in [0.2, 0.25) is 0 Å². The molecular formula is C8H8O2. The molecule has 1 saturated carbocycles. The van der Waals surface area contributed by atoms with Crippen molar-refractivity contribution in [3.63, 3.8) is 0 Å². The van der Waals surface area contributed by atoms with Crippen LogP contribution in [0.15, 0.2) is 24.0 Å². The van der Waals surface area contributed by atoms with Crippen molar-refractivity contribution in [3.8, 4) is 0 Å². The summed E-state index contributed by atoms with van der Waals surface area (Å²) >= 11 is 0. The summed E-state index contributed by atoms with van der Waals surface area (Å²) in [5, 5.41) is 0. The van der Waals surface area contributed by atoms with Gasteiger partial charge >= 0.3 is 0 Å². The van der Waals surface area contributed by atoms with E-state index in [4.69, 9.17) is 9.47 Å². The third kappa shape index (κ3) is 0.380. The molecule has 2 heteroatoms. The van der Waals surface area contributed by atoms with Crippen molar-refractivity contribution in [1.82, 2.24) is 0 Å². The molecule has 2 atom stereocenters. The van der Waals surface area contributed by atoms with Crippen molar-refractivity contribution in [3.05, 3.63) is 24.0 Å². The third-order valence-corrected chi connectivity index (χ3v) is 2.50. The average molecular weight is 136 g/mol. The van der Waals surface area contributed by atoms with E-state index >= 15 is 0 Å². The highest BCUT2D eigenvalue weighted by Gasteiger charge is 2.62. The first-order chi connectivity index (χ1) is 4.92. The van der Waals surface area contributed by atoms with Crippen molar-refractivity contribution in [2.75, 3.05) is 6.79 Å². The van der Waals surface area contributed by atoms with Gasteiger partial charge in [0.05, 0.1) is 0 Å². The summed E-state index contributed by atoms with van der Waals surface area (Å²) in [5.41, 5.74) is 0.00868. The van der Waals surface area contributed by atoms with Crippen LogP contribution in [0.5, 0.6) is 0 Å². The predicted octanol–water partition coefficient (Wildman–Crippen LogP) is 1.20. The molecule has 0 N–H and O–H groups in total. The van der Waals surface area contributed by atoms with E-state index in [-0.39, 0.29) is 5.60 Å². The molecule has 1 heterocycles. The maximum Gasteiger partial charge on any atom is 0.189 e. The summed E-state index contributed by atoms with van der Waals surface area (Å²) in [6.45, 7) is 0.448. The van der Waals surface area contributed by atoms with Crippen molar-refractivity contribution in [2.45, 2.75) is 12.0 Å². The molecule has 3 aliphatic rings. The van der Waals surface area contributed by atoms with Gasteiger partial charge in [-0.05, 0) is 12.5 Å². The molecule has 1 saturated heterocycles. The summed E-state index contributed by atoms with van der Waals surface area (Å²) in [6, 6.07) is 0. The van der Waals surface area contributed by atoms with E-state index in [1.54, 1.807) is 0 Å².